The number of nitrogens with zero attached hydrogens (tertiary/aromatic N) is 1. The van der Waals surface area contributed by atoms with Gasteiger partial charge >= 0.3 is 0 Å². The van der Waals surface area contributed by atoms with E-state index in [1.807, 2.05) is 73.7 Å². The Balaban J connectivity index is 1.45. The number of carbonyl (C=O) groups is 2. The first-order valence-electron chi connectivity index (χ1n) is 10.5. The van der Waals surface area contributed by atoms with Crippen molar-refractivity contribution in [3.63, 3.8) is 0 Å². The van der Waals surface area contributed by atoms with Crippen molar-refractivity contribution >= 4 is 17.9 Å². The molecule has 5 heteroatoms. The second-order valence-corrected chi connectivity index (χ2v) is 7.96. The number of nitrogens with one attached hydrogen (secondary N) is 1. The number of furan rings is 1. The zero-order valence-corrected chi connectivity index (χ0v) is 17.6. The summed E-state index contributed by atoms with van der Waals surface area (Å²) in [7, 11) is 0. The SMILES string of the molecule is Cc1ccc(/C=C/C(=O)N(Cc2ccc(C(=O)NC3CC3)cc2)Cc2ccco2)cc1. The number of carbonyl (C=O) groups excluding carboxylic acids is 2. The molecular weight excluding hydrogens is 388 g/mol. The van der Waals surface area contributed by atoms with Gasteiger partial charge in [-0.2, -0.15) is 0 Å². The first kappa shape index (κ1) is 20.7. The fourth-order valence-electron chi connectivity index (χ4n) is 3.23. The predicted octanol–water partition coefficient (Wildman–Crippen LogP) is 4.72. The van der Waals surface area contributed by atoms with Crippen molar-refractivity contribution in [2.75, 3.05) is 0 Å². The molecule has 0 radical (unpaired) electrons. The Morgan fingerprint density at radius 1 is 1.03 bits per heavy atom. The molecule has 0 bridgehead atoms. The normalized spacial score (nSPS) is 13.3. The van der Waals surface area contributed by atoms with Crippen molar-refractivity contribution in [3.05, 3.63) is 101 Å². The molecule has 31 heavy (non-hydrogen) atoms. The van der Waals surface area contributed by atoms with Gasteiger partial charge in [-0.25, -0.2) is 0 Å². The first-order valence-corrected chi connectivity index (χ1v) is 10.5. The lowest BCUT2D eigenvalue weighted by atomic mass is 10.1. The lowest BCUT2D eigenvalue weighted by Crippen LogP contribution is -2.28. The zero-order valence-electron chi connectivity index (χ0n) is 17.6. The fraction of sp³-hybridized carbons (Fsp3) is 0.231. The minimum absolute atomic E-state index is 0.0430. The van der Waals surface area contributed by atoms with Crippen LogP contribution in [-0.4, -0.2) is 22.8 Å². The van der Waals surface area contributed by atoms with Gasteiger partial charge in [-0.3, -0.25) is 9.59 Å². The summed E-state index contributed by atoms with van der Waals surface area (Å²) in [5.41, 5.74) is 3.74. The van der Waals surface area contributed by atoms with E-state index >= 15 is 0 Å². The third-order valence-corrected chi connectivity index (χ3v) is 5.24. The number of aryl methyl sites for hydroxylation is 1. The number of rotatable bonds is 8. The molecular formula is C26H26N2O3. The van der Waals surface area contributed by atoms with Crippen LogP contribution in [0, 0.1) is 6.92 Å². The van der Waals surface area contributed by atoms with E-state index < -0.39 is 0 Å². The highest BCUT2D eigenvalue weighted by Gasteiger charge is 2.23. The van der Waals surface area contributed by atoms with Gasteiger partial charge in [0.25, 0.3) is 5.91 Å². The summed E-state index contributed by atoms with van der Waals surface area (Å²) in [4.78, 5) is 26.9. The lowest BCUT2D eigenvalue weighted by molar-refractivity contribution is -0.127. The number of amides is 2. The Hall–Kier alpha value is -3.60. The zero-order chi connectivity index (χ0) is 21.6. The molecule has 3 aromatic rings. The van der Waals surface area contributed by atoms with Crippen molar-refractivity contribution in [3.8, 4) is 0 Å². The van der Waals surface area contributed by atoms with E-state index in [1.165, 1.54) is 5.56 Å². The highest BCUT2D eigenvalue weighted by Crippen LogP contribution is 2.20. The molecule has 0 aliphatic heterocycles. The van der Waals surface area contributed by atoms with Crippen LogP contribution in [0.25, 0.3) is 6.08 Å². The minimum Gasteiger partial charge on any atom is -0.467 e. The Bertz CT molecular complexity index is 1050. The summed E-state index contributed by atoms with van der Waals surface area (Å²) >= 11 is 0. The van der Waals surface area contributed by atoms with Gasteiger partial charge in [0.05, 0.1) is 12.8 Å². The van der Waals surface area contributed by atoms with Gasteiger partial charge in [-0.15, -0.1) is 0 Å². The molecule has 5 nitrogen and oxygen atoms in total. The van der Waals surface area contributed by atoms with Gasteiger partial charge in [0.15, 0.2) is 0 Å². The number of hydrogen-bond donors (Lipinski definition) is 1. The predicted molar refractivity (Wildman–Crippen MR) is 120 cm³/mol. The second-order valence-electron chi connectivity index (χ2n) is 7.96. The average Bonchev–Trinajstić information content (AvgIpc) is 3.44. The van der Waals surface area contributed by atoms with Crippen LogP contribution in [0.5, 0.6) is 0 Å². The van der Waals surface area contributed by atoms with E-state index in [2.05, 4.69) is 5.32 Å². The molecule has 1 heterocycles. The summed E-state index contributed by atoms with van der Waals surface area (Å²) in [5.74, 6) is 0.573. The second kappa shape index (κ2) is 9.47. The monoisotopic (exact) mass is 414 g/mol. The van der Waals surface area contributed by atoms with Crippen LogP contribution >= 0.6 is 0 Å². The molecule has 1 saturated carbocycles. The van der Waals surface area contributed by atoms with E-state index in [9.17, 15) is 9.59 Å². The summed E-state index contributed by atoms with van der Waals surface area (Å²) in [6.45, 7) is 2.82. The molecule has 1 aliphatic rings. The van der Waals surface area contributed by atoms with Crippen LogP contribution in [-0.2, 0) is 17.9 Å². The van der Waals surface area contributed by atoms with Crippen LogP contribution in [0.15, 0.2) is 77.4 Å². The maximum atomic E-state index is 13.0. The molecule has 0 atom stereocenters. The van der Waals surface area contributed by atoms with Crippen molar-refractivity contribution in [2.24, 2.45) is 0 Å². The molecule has 2 amide bonds. The minimum atomic E-state index is -0.104. The van der Waals surface area contributed by atoms with E-state index in [1.54, 1.807) is 17.2 Å². The van der Waals surface area contributed by atoms with E-state index in [0.717, 1.165) is 29.7 Å². The van der Waals surface area contributed by atoms with Gasteiger partial charge in [-0.05, 0) is 61.2 Å². The average molecular weight is 415 g/mol. The largest absolute Gasteiger partial charge is 0.467 e. The highest BCUT2D eigenvalue weighted by molar-refractivity contribution is 5.94. The maximum absolute atomic E-state index is 13.0. The molecule has 0 unspecified atom stereocenters. The van der Waals surface area contributed by atoms with Crippen molar-refractivity contribution < 1.29 is 14.0 Å². The lowest BCUT2D eigenvalue weighted by Gasteiger charge is -2.20. The van der Waals surface area contributed by atoms with Gasteiger partial charge in [-0.1, -0.05) is 42.0 Å². The van der Waals surface area contributed by atoms with E-state index in [4.69, 9.17) is 4.42 Å². The molecule has 1 fully saturated rings. The molecule has 2 aromatic carbocycles. The Morgan fingerprint density at radius 3 is 2.42 bits per heavy atom. The summed E-state index contributed by atoms with van der Waals surface area (Å²) in [5, 5.41) is 2.99. The number of hydrogen-bond acceptors (Lipinski definition) is 3. The number of benzene rings is 2. The summed E-state index contributed by atoms with van der Waals surface area (Å²) in [6, 6.07) is 19.4. The summed E-state index contributed by atoms with van der Waals surface area (Å²) < 4.78 is 5.45. The van der Waals surface area contributed by atoms with E-state index in [0.29, 0.717) is 24.7 Å². The van der Waals surface area contributed by atoms with Gasteiger partial charge in [0.2, 0.25) is 5.91 Å². The molecule has 0 spiro atoms. The Morgan fingerprint density at radius 2 is 1.77 bits per heavy atom. The molecule has 0 saturated heterocycles. The van der Waals surface area contributed by atoms with E-state index in [-0.39, 0.29) is 11.8 Å². The molecule has 1 aliphatic carbocycles. The van der Waals surface area contributed by atoms with Crippen molar-refractivity contribution in [2.45, 2.75) is 38.9 Å². The molecule has 1 aromatic heterocycles. The van der Waals surface area contributed by atoms with Gasteiger partial charge in [0, 0.05) is 24.2 Å². The van der Waals surface area contributed by atoms with Crippen LogP contribution in [0.3, 0.4) is 0 Å². The quantitative estimate of drug-likeness (QED) is 0.543. The van der Waals surface area contributed by atoms with Crippen molar-refractivity contribution in [1.29, 1.82) is 0 Å². The fourth-order valence-corrected chi connectivity index (χ4v) is 3.23. The Kier molecular flexibility index (Phi) is 6.32. The molecule has 158 valence electrons. The Labute approximate surface area is 182 Å². The highest BCUT2D eigenvalue weighted by atomic mass is 16.3. The van der Waals surface area contributed by atoms with Crippen LogP contribution in [0.1, 0.15) is 45.7 Å². The van der Waals surface area contributed by atoms with Crippen molar-refractivity contribution in [1.82, 2.24) is 10.2 Å². The van der Waals surface area contributed by atoms with Crippen LogP contribution in [0.4, 0.5) is 0 Å². The van der Waals surface area contributed by atoms with Gasteiger partial charge < -0.3 is 14.6 Å². The standard InChI is InChI=1S/C26H26N2O3/c1-19-4-6-20(7-5-19)10-15-25(29)28(18-24-3-2-16-31-24)17-21-8-11-22(12-9-21)26(30)27-23-13-14-23/h2-12,15-16,23H,13-14,17-18H2,1H3,(H,27,30)/b15-10+. The third kappa shape index (κ3) is 5.95. The van der Waals surface area contributed by atoms with Gasteiger partial charge in [0.1, 0.15) is 5.76 Å². The first-order chi connectivity index (χ1) is 15.1. The maximum Gasteiger partial charge on any atom is 0.251 e. The topological polar surface area (TPSA) is 62.6 Å². The molecule has 1 N–H and O–H groups in total. The summed E-state index contributed by atoms with van der Waals surface area (Å²) in [6.07, 6.45) is 7.13. The molecule has 4 rings (SSSR count). The third-order valence-electron chi connectivity index (χ3n) is 5.24. The van der Waals surface area contributed by atoms with Crippen LogP contribution in [0.2, 0.25) is 0 Å². The smallest absolute Gasteiger partial charge is 0.251 e. The van der Waals surface area contributed by atoms with Crippen LogP contribution < -0.4 is 5.32 Å².